The summed E-state index contributed by atoms with van der Waals surface area (Å²) in [6.45, 7) is 3.74. The van der Waals surface area contributed by atoms with Crippen molar-refractivity contribution in [3.05, 3.63) is 71.3 Å². The lowest BCUT2D eigenvalue weighted by Crippen LogP contribution is -2.18. The van der Waals surface area contributed by atoms with Crippen LogP contribution < -0.4 is 4.74 Å². The van der Waals surface area contributed by atoms with Crippen LogP contribution in [0.4, 0.5) is 13.2 Å². The van der Waals surface area contributed by atoms with Crippen LogP contribution in [0.25, 0.3) is 6.08 Å². The second kappa shape index (κ2) is 6.11. The minimum Gasteiger partial charge on any atom is -0.406 e. The zero-order valence-corrected chi connectivity index (χ0v) is 12.6. The maximum Gasteiger partial charge on any atom is 0.573 e. The lowest BCUT2D eigenvalue weighted by atomic mass is 9.80. The third-order valence-electron chi connectivity index (χ3n) is 4.28. The summed E-state index contributed by atoms with van der Waals surface area (Å²) in [5, 5.41) is 0. The van der Waals surface area contributed by atoms with Crippen molar-refractivity contribution >= 4 is 6.08 Å². The van der Waals surface area contributed by atoms with Crippen LogP contribution in [-0.2, 0) is 12.8 Å². The largest absolute Gasteiger partial charge is 0.573 e. The lowest BCUT2D eigenvalue weighted by Gasteiger charge is -2.25. The highest BCUT2D eigenvalue weighted by Crippen LogP contribution is 2.35. The summed E-state index contributed by atoms with van der Waals surface area (Å²) in [5.41, 5.74) is 4.39. The molecule has 1 atom stereocenters. The molecule has 0 saturated carbocycles. The predicted octanol–water partition coefficient (Wildman–Crippen LogP) is 5.50. The highest BCUT2D eigenvalue weighted by molar-refractivity contribution is 5.48. The number of hydrogen-bond donors (Lipinski definition) is 0. The summed E-state index contributed by atoms with van der Waals surface area (Å²) in [4.78, 5) is 0. The van der Waals surface area contributed by atoms with Gasteiger partial charge in [0, 0.05) is 0 Å². The van der Waals surface area contributed by atoms with Crippen molar-refractivity contribution in [3.8, 4) is 5.75 Å². The third kappa shape index (κ3) is 3.76. The van der Waals surface area contributed by atoms with Crippen LogP contribution in [0.2, 0.25) is 0 Å². The molecule has 3 rings (SSSR count). The summed E-state index contributed by atoms with van der Waals surface area (Å²) in [6, 6.07) is 13.0. The number of fused-ring (bicyclic) bond motifs is 1. The van der Waals surface area contributed by atoms with E-state index in [0.717, 1.165) is 36.0 Å². The van der Waals surface area contributed by atoms with E-state index < -0.39 is 6.36 Å². The topological polar surface area (TPSA) is 9.23 Å². The zero-order chi connectivity index (χ0) is 16.4. The molecule has 0 fully saturated rings. The van der Waals surface area contributed by atoms with Gasteiger partial charge in [-0.1, -0.05) is 43.0 Å². The number of ether oxygens (including phenoxy) is 1. The van der Waals surface area contributed by atoms with E-state index in [1.165, 1.54) is 17.7 Å². The molecule has 0 N–H and O–H groups in total. The van der Waals surface area contributed by atoms with Crippen LogP contribution in [0, 0.1) is 0 Å². The van der Waals surface area contributed by atoms with Crippen LogP contribution in [0.15, 0.2) is 49.0 Å². The van der Waals surface area contributed by atoms with Gasteiger partial charge in [-0.15, -0.1) is 13.2 Å². The number of alkyl halides is 3. The maximum atomic E-state index is 12.3. The Kier molecular flexibility index (Phi) is 4.16. The quantitative estimate of drug-likeness (QED) is 0.726. The van der Waals surface area contributed by atoms with Crippen molar-refractivity contribution in [2.75, 3.05) is 0 Å². The smallest absolute Gasteiger partial charge is 0.406 e. The van der Waals surface area contributed by atoms with Crippen LogP contribution >= 0.6 is 0 Å². The molecule has 0 spiro atoms. The summed E-state index contributed by atoms with van der Waals surface area (Å²) in [6.07, 6.45) is -0.302. The second-order valence-corrected chi connectivity index (χ2v) is 5.79. The first-order chi connectivity index (χ1) is 10.9. The Balaban J connectivity index is 1.77. The van der Waals surface area contributed by atoms with Crippen molar-refractivity contribution in [1.82, 2.24) is 0 Å². The molecule has 1 nitrogen and oxygen atoms in total. The highest BCUT2D eigenvalue weighted by Gasteiger charge is 2.31. The summed E-state index contributed by atoms with van der Waals surface area (Å²) in [7, 11) is 0. The van der Waals surface area contributed by atoms with Gasteiger partial charge in [0.25, 0.3) is 0 Å². The van der Waals surface area contributed by atoms with Gasteiger partial charge in [-0.2, -0.15) is 0 Å². The molecule has 0 radical (unpaired) electrons. The van der Waals surface area contributed by atoms with E-state index in [-0.39, 0.29) is 5.75 Å². The van der Waals surface area contributed by atoms with Crippen molar-refractivity contribution in [2.24, 2.45) is 0 Å². The molecule has 2 aromatic rings. The third-order valence-corrected chi connectivity index (χ3v) is 4.28. The van der Waals surface area contributed by atoms with E-state index in [1.807, 2.05) is 18.2 Å². The van der Waals surface area contributed by atoms with Crippen LogP contribution in [0.3, 0.4) is 0 Å². The average Bonchev–Trinajstić information content (AvgIpc) is 2.53. The number of rotatable bonds is 3. The van der Waals surface area contributed by atoms with E-state index in [4.69, 9.17) is 0 Å². The second-order valence-electron chi connectivity index (χ2n) is 5.79. The van der Waals surface area contributed by atoms with Gasteiger partial charge >= 0.3 is 6.36 Å². The Morgan fingerprint density at radius 2 is 1.78 bits per heavy atom. The van der Waals surface area contributed by atoms with Crippen molar-refractivity contribution in [2.45, 2.75) is 31.5 Å². The van der Waals surface area contributed by atoms with Crippen LogP contribution in [0.1, 0.15) is 34.6 Å². The minimum atomic E-state index is -4.64. The standard InChI is InChI=1S/C19H17F3O/c1-2-13-3-5-14(6-4-13)15-7-8-17-12-18(23-19(20,21)22)10-9-16(17)11-15/h2-6,9-10,12,15H,1,7-8,11H2. The molecule has 0 saturated heterocycles. The molecular formula is C19H17F3O. The Morgan fingerprint density at radius 1 is 1.04 bits per heavy atom. The van der Waals surface area contributed by atoms with E-state index in [1.54, 1.807) is 6.07 Å². The Morgan fingerprint density at radius 3 is 2.43 bits per heavy atom. The molecule has 0 aliphatic heterocycles. The van der Waals surface area contributed by atoms with Gasteiger partial charge in [-0.25, -0.2) is 0 Å². The molecule has 2 aromatic carbocycles. The molecule has 4 heteroatoms. The van der Waals surface area contributed by atoms with Crippen LogP contribution in [-0.4, -0.2) is 6.36 Å². The van der Waals surface area contributed by atoms with Gasteiger partial charge < -0.3 is 4.74 Å². The van der Waals surface area contributed by atoms with E-state index in [0.29, 0.717) is 5.92 Å². The fourth-order valence-corrected chi connectivity index (χ4v) is 3.12. The molecule has 0 bridgehead atoms. The maximum absolute atomic E-state index is 12.3. The van der Waals surface area contributed by atoms with Gasteiger partial charge in [-0.3, -0.25) is 0 Å². The Hall–Kier alpha value is -2.23. The fourth-order valence-electron chi connectivity index (χ4n) is 3.12. The van der Waals surface area contributed by atoms with Crippen LogP contribution in [0.5, 0.6) is 5.75 Å². The van der Waals surface area contributed by atoms with Gasteiger partial charge in [0.15, 0.2) is 0 Å². The summed E-state index contributed by atoms with van der Waals surface area (Å²) in [5.74, 6) is 0.265. The minimum absolute atomic E-state index is 0.134. The lowest BCUT2D eigenvalue weighted by molar-refractivity contribution is -0.274. The first-order valence-corrected chi connectivity index (χ1v) is 7.54. The van der Waals surface area contributed by atoms with Gasteiger partial charge in [-0.05, 0) is 59.6 Å². The Labute approximate surface area is 133 Å². The van der Waals surface area contributed by atoms with E-state index in [2.05, 4.69) is 23.4 Å². The number of halogens is 3. The first-order valence-electron chi connectivity index (χ1n) is 7.54. The van der Waals surface area contributed by atoms with Gasteiger partial charge in [0.2, 0.25) is 0 Å². The molecule has 1 aliphatic carbocycles. The molecule has 23 heavy (non-hydrogen) atoms. The number of hydrogen-bond acceptors (Lipinski definition) is 1. The summed E-state index contributed by atoms with van der Waals surface area (Å²) < 4.78 is 40.9. The molecule has 0 aromatic heterocycles. The molecule has 0 heterocycles. The summed E-state index contributed by atoms with van der Waals surface area (Å²) >= 11 is 0. The van der Waals surface area contributed by atoms with Crippen molar-refractivity contribution in [1.29, 1.82) is 0 Å². The Bertz CT molecular complexity index is 702. The first kappa shape index (κ1) is 15.7. The zero-order valence-electron chi connectivity index (χ0n) is 12.6. The van der Waals surface area contributed by atoms with Gasteiger partial charge in [0.05, 0.1) is 0 Å². The van der Waals surface area contributed by atoms with E-state index >= 15 is 0 Å². The predicted molar refractivity (Wildman–Crippen MR) is 84.4 cm³/mol. The molecular weight excluding hydrogens is 301 g/mol. The normalized spacial score (nSPS) is 17.4. The van der Waals surface area contributed by atoms with Gasteiger partial charge in [0.1, 0.15) is 5.75 Å². The highest BCUT2D eigenvalue weighted by atomic mass is 19.4. The molecule has 0 amide bonds. The average molecular weight is 318 g/mol. The molecule has 1 unspecified atom stereocenters. The number of benzene rings is 2. The monoisotopic (exact) mass is 318 g/mol. The SMILES string of the molecule is C=Cc1ccc(C2CCc3cc(OC(F)(F)F)ccc3C2)cc1. The fraction of sp³-hybridized carbons (Fsp3) is 0.263. The number of aryl methyl sites for hydroxylation is 1. The van der Waals surface area contributed by atoms with Crippen molar-refractivity contribution < 1.29 is 17.9 Å². The molecule has 1 aliphatic rings. The van der Waals surface area contributed by atoms with Crippen molar-refractivity contribution in [3.63, 3.8) is 0 Å². The molecule has 120 valence electrons. The van der Waals surface area contributed by atoms with E-state index in [9.17, 15) is 13.2 Å².